The highest BCUT2D eigenvalue weighted by atomic mass is 35.5. The highest BCUT2D eigenvalue weighted by Gasteiger charge is 2.40. The topological polar surface area (TPSA) is 103 Å². The molecule has 4 aromatic rings. The average molecular weight is 435 g/mol. The molecule has 0 aliphatic heterocycles. The summed E-state index contributed by atoms with van der Waals surface area (Å²) in [6.45, 7) is 0. The Hall–Kier alpha value is -3.80. The van der Waals surface area contributed by atoms with Crippen LogP contribution in [0.4, 0.5) is 18.9 Å². The monoisotopic (exact) mass is 434 g/mol. The molecule has 1 N–H and O–H groups in total. The molecule has 13 heteroatoms. The number of rotatable bonds is 4. The first kappa shape index (κ1) is 19.5. The van der Waals surface area contributed by atoms with Crippen molar-refractivity contribution in [3.63, 3.8) is 0 Å². The summed E-state index contributed by atoms with van der Waals surface area (Å²) in [7, 11) is 0. The maximum atomic E-state index is 13.7. The van der Waals surface area contributed by atoms with Crippen LogP contribution in [0, 0.1) is 0 Å². The lowest BCUT2D eigenvalue weighted by molar-refractivity contribution is -0.143. The molecule has 0 aliphatic rings. The van der Waals surface area contributed by atoms with Gasteiger partial charge in [0.2, 0.25) is 0 Å². The van der Waals surface area contributed by atoms with Crippen LogP contribution < -0.4 is 5.32 Å². The predicted octanol–water partition coefficient (Wildman–Crippen LogP) is 3.17. The Kier molecular flexibility index (Phi) is 4.91. The van der Waals surface area contributed by atoms with Gasteiger partial charge in [0.25, 0.3) is 5.91 Å². The van der Waals surface area contributed by atoms with Crippen LogP contribution in [0.25, 0.3) is 11.5 Å². The van der Waals surface area contributed by atoms with Crippen molar-refractivity contribution in [2.24, 2.45) is 0 Å². The van der Waals surface area contributed by atoms with Crippen LogP contribution in [0.2, 0.25) is 5.02 Å². The van der Waals surface area contributed by atoms with Gasteiger partial charge in [-0.2, -0.15) is 28.5 Å². The van der Waals surface area contributed by atoms with Crippen molar-refractivity contribution >= 4 is 23.2 Å². The average Bonchev–Trinajstić information content (AvgIpc) is 3.38. The SMILES string of the molecule is O=C(Nc1cnc(-n2nccn2)c(Cl)c1)c1cnn(-c2cccnc2)c1C(F)(F)F. The quantitative estimate of drug-likeness (QED) is 0.529. The first-order chi connectivity index (χ1) is 14.3. The molecule has 4 heterocycles. The van der Waals surface area contributed by atoms with E-state index in [4.69, 9.17) is 11.6 Å². The Morgan fingerprint density at radius 1 is 1.07 bits per heavy atom. The Labute approximate surface area is 171 Å². The van der Waals surface area contributed by atoms with E-state index in [2.05, 4.69) is 30.6 Å². The first-order valence-electron chi connectivity index (χ1n) is 8.24. The van der Waals surface area contributed by atoms with Gasteiger partial charge >= 0.3 is 6.18 Å². The zero-order chi connectivity index (χ0) is 21.3. The predicted molar refractivity (Wildman–Crippen MR) is 98.5 cm³/mol. The van der Waals surface area contributed by atoms with Crippen LogP contribution in [0.3, 0.4) is 0 Å². The normalized spacial score (nSPS) is 11.5. The summed E-state index contributed by atoms with van der Waals surface area (Å²) >= 11 is 6.12. The summed E-state index contributed by atoms with van der Waals surface area (Å²) in [5.41, 5.74) is -1.75. The van der Waals surface area contributed by atoms with E-state index >= 15 is 0 Å². The number of nitrogens with zero attached hydrogens (tertiary/aromatic N) is 7. The van der Waals surface area contributed by atoms with Crippen molar-refractivity contribution in [1.29, 1.82) is 0 Å². The van der Waals surface area contributed by atoms with Gasteiger partial charge < -0.3 is 5.32 Å². The van der Waals surface area contributed by atoms with Gasteiger partial charge in [-0.3, -0.25) is 9.78 Å². The molecule has 4 rings (SSSR count). The summed E-state index contributed by atoms with van der Waals surface area (Å²) in [4.78, 5) is 21.5. The molecule has 152 valence electrons. The van der Waals surface area contributed by atoms with E-state index in [9.17, 15) is 18.0 Å². The molecule has 9 nitrogen and oxygen atoms in total. The summed E-state index contributed by atoms with van der Waals surface area (Å²) < 4.78 is 41.7. The van der Waals surface area contributed by atoms with Crippen LogP contribution in [0.15, 0.2) is 55.4 Å². The maximum Gasteiger partial charge on any atom is 0.434 e. The van der Waals surface area contributed by atoms with Crippen LogP contribution in [0.1, 0.15) is 16.1 Å². The number of nitrogens with one attached hydrogen (secondary N) is 1. The lowest BCUT2D eigenvalue weighted by atomic mass is 10.2. The van der Waals surface area contributed by atoms with Gasteiger partial charge in [0.05, 0.1) is 52.9 Å². The van der Waals surface area contributed by atoms with E-state index in [-0.39, 0.29) is 22.2 Å². The van der Waals surface area contributed by atoms with E-state index in [1.165, 1.54) is 49.2 Å². The molecule has 0 fully saturated rings. The first-order valence-corrected chi connectivity index (χ1v) is 8.61. The molecular weight excluding hydrogens is 425 g/mol. The number of hydrogen-bond donors (Lipinski definition) is 1. The largest absolute Gasteiger partial charge is 0.434 e. The van der Waals surface area contributed by atoms with E-state index in [0.29, 0.717) is 4.68 Å². The number of pyridine rings is 2. The molecule has 0 atom stereocenters. The van der Waals surface area contributed by atoms with Crippen LogP contribution in [-0.2, 0) is 6.18 Å². The molecule has 0 saturated carbocycles. The number of carbonyl (C=O) groups is 1. The molecule has 0 aliphatic carbocycles. The Morgan fingerprint density at radius 2 is 1.83 bits per heavy atom. The molecule has 4 aromatic heterocycles. The fourth-order valence-corrected chi connectivity index (χ4v) is 2.87. The summed E-state index contributed by atoms with van der Waals surface area (Å²) in [5, 5.41) is 13.9. The lowest BCUT2D eigenvalue weighted by Gasteiger charge is -2.13. The lowest BCUT2D eigenvalue weighted by Crippen LogP contribution is -2.21. The van der Waals surface area contributed by atoms with Crippen molar-refractivity contribution in [1.82, 2.24) is 34.7 Å². The number of alkyl halides is 3. The van der Waals surface area contributed by atoms with Crippen LogP contribution >= 0.6 is 11.6 Å². The second kappa shape index (κ2) is 7.55. The van der Waals surface area contributed by atoms with Gasteiger partial charge in [-0.05, 0) is 18.2 Å². The molecular formula is C17H10ClF3N8O. The molecule has 30 heavy (non-hydrogen) atoms. The number of aromatic nitrogens is 7. The number of hydrogen-bond acceptors (Lipinski definition) is 6. The smallest absolute Gasteiger partial charge is 0.320 e. The van der Waals surface area contributed by atoms with E-state index < -0.39 is 23.3 Å². The fraction of sp³-hybridized carbons (Fsp3) is 0.0588. The molecule has 0 bridgehead atoms. The van der Waals surface area contributed by atoms with Crippen LogP contribution in [0.5, 0.6) is 0 Å². The fourth-order valence-electron chi connectivity index (χ4n) is 2.63. The van der Waals surface area contributed by atoms with Crippen molar-refractivity contribution in [3.05, 3.63) is 71.7 Å². The van der Waals surface area contributed by atoms with E-state index in [1.54, 1.807) is 0 Å². The van der Waals surface area contributed by atoms with Gasteiger partial charge in [0.1, 0.15) is 0 Å². The van der Waals surface area contributed by atoms with Gasteiger partial charge in [0, 0.05) is 6.20 Å². The third-order valence-electron chi connectivity index (χ3n) is 3.86. The molecule has 1 amide bonds. The molecule has 0 radical (unpaired) electrons. The van der Waals surface area contributed by atoms with Gasteiger partial charge in [-0.25, -0.2) is 9.67 Å². The molecule has 0 aromatic carbocycles. The minimum absolute atomic E-state index is 0.0599. The van der Waals surface area contributed by atoms with Gasteiger partial charge in [-0.1, -0.05) is 11.6 Å². The highest BCUT2D eigenvalue weighted by Crippen LogP contribution is 2.34. The minimum atomic E-state index is -4.84. The molecule has 0 saturated heterocycles. The van der Waals surface area contributed by atoms with E-state index in [1.807, 2.05) is 0 Å². The second-order valence-electron chi connectivity index (χ2n) is 5.83. The number of amides is 1. The van der Waals surface area contributed by atoms with E-state index in [0.717, 1.165) is 11.0 Å². The Bertz CT molecular complexity index is 1190. The number of carbonyl (C=O) groups excluding carboxylic acids is 1. The van der Waals surface area contributed by atoms with Crippen LogP contribution in [-0.4, -0.2) is 40.6 Å². The van der Waals surface area contributed by atoms with Gasteiger partial charge in [-0.15, -0.1) is 4.80 Å². The number of halogens is 4. The summed E-state index contributed by atoms with van der Waals surface area (Å²) in [5.74, 6) is -0.833. The third-order valence-corrected chi connectivity index (χ3v) is 4.14. The maximum absolute atomic E-state index is 13.7. The van der Waals surface area contributed by atoms with Crippen molar-refractivity contribution in [2.75, 3.05) is 5.32 Å². The zero-order valence-electron chi connectivity index (χ0n) is 14.7. The zero-order valence-corrected chi connectivity index (χ0v) is 15.5. The summed E-state index contributed by atoms with van der Waals surface area (Å²) in [6, 6.07) is 4.17. The number of anilines is 1. The standard InChI is InChI=1S/C17H10ClF3N8O/c18-13-6-10(7-23-15(13)29-24-4-5-25-29)27-16(30)12-9-26-28(14(12)17(19,20)21)11-2-1-3-22-8-11/h1-9H,(H,27,30). The second-order valence-corrected chi connectivity index (χ2v) is 6.24. The summed E-state index contributed by atoms with van der Waals surface area (Å²) in [6.07, 6.45) is 2.68. The Balaban J connectivity index is 1.66. The van der Waals surface area contributed by atoms with Crippen molar-refractivity contribution < 1.29 is 18.0 Å². The molecule has 0 unspecified atom stereocenters. The third kappa shape index (κ3) is 3.72. The van der Waals surface area contributed by atoms with Gasteiger partial charge in [0.15, 0.2) is 11.5 Å². The Morgan fingerprint density at radius 3 is 2.47 bits per heavy atom. The van der Waals surface area contributed by atoms with Crippen molar-refractivity contribution in [2.45, 2.75) is 6.18 Å². The van der Waals surface area contributed by atoms with Crippen molar-refractivity contribution in [3.8, 4) is 11.5 Å². The highest BCUT2D eigenvalue weighted by molar-refractivity contribution is 6.32. The minimum Gasteiger partial charge on any atom is -0.320 e. The molecule has 0 spiro atoms.